The van der Waals surface area contributed by atoms with Gasteiger partial charge in [-0.1, -0.05) is 37.6 Å². The van der Waals surface area contributed by atoms with E-state index in [1.54, 1.807) is 4.90 Å². The third kappa shape index (κ3) is 6.51. The standard InChI is InChI=1S/C26H36N4O7/c1-3-6-20(22(31)23(32)27-18-9-10-18)28-25(34)30-15-19(13-21(30)24(33)36-2)37-26(35)29-12-11-16-7-4-5-8-17(16)14-29/h4-5,7-8,18-22,31H,3,6,9-15H2,1-2H3,(H,27,32)(H,28,34)/t19-,20?,21+,22?/m0/s1. The second-order valence-electron chi connectivity index (χ2n) is 9.95. The number of rotatable bonds is 8. The van der Waals surface area contributed by atoms with Gasteiger partial charge in [-0.05, 0) is 36.8 Å². The van der Waals surface area contributed by atoms with Crippen molar-refractivity contribution in [3.63, 3.8) is 0 Å². The number of urea groups is 1. The van der Waals surface area contributed by atoms with Crippen LogP contribution in [0.25, 0.3) is 0 Å². The molecule has 11 nitrogen and oxygen atoms in total. The van der Waals surface area contributed by atoms with Crippen LogP contribution in [0.2, 0.25) is 0 Å². The van der Waals surface area contributed by atoms with Crippen molar-refractivity contribution >= 4 is 24.0 Å². The summed E-state index contributed by atoms with van der Waals surface area (Å²) in [6.07, 6.45) is 0.955. The first kappa shape index (κ1) is 26.7. The summed E-state index contributed by atoms with van der Waals surface area (Å²) in [5.74, 6) is -1.15. The minimum absolute atomic E-state index is 0.00895. The van der Waals surface area contributed by atoms with Crippen molar-refractivity contribution in [3.8, 4) is 0 Å². The third-order valence-corrected chi connectivity index (χ3v) is 7.14. The van der Waals surface area contributed by atoms with Crippen LogP contribution in [0.4, 0.5) is 9.59 Å². The van der Waals surface area contributed by atoms with E-state index in [0.29, 0.717) is 25.9 Å². The van der Waals surface area contributed by atoms with Gasteiger partial charge in [-0.15, -0.1) is 0 Å². The number of amides is 4. The topological polar surface area (TPSA) is 138 Å². The molecule has 1 saturated heterocycles. The van der Waals surface area contributed by atoms with Crippen LogP contribution >= 0.6 is 0 Å². The molecule has 1 aromatic carbocycles. The molecule has 2 heterocycles. The fraction of sp³-hybridized carbons (Fsp3) is 0.615. The minimum Gasteiger partial charge on any atom is -0.467 e. The van der Waals surface area contributed by atoms with E-state index in [2.05, 4.69) is 10.6 Å². The number of aliphatic hydroxyl groups excluding tert-OH is 1. The molecule has 4 rings (SSSR count). The zero-order chi connectivity index (χ0) is 26.5. The highest BCUT2D eigenvalue weighted by Crippen LogP contribution is 2.25. The van der Waals surface area contributed by atoms with E-state index in [1.165, 1.54) is 17.6 Å². The third-order valence-electron chi connectivity index (χ3n) is 7.14. The highest BCUT2D eigenvalue weighted by Gasteiger charge is 2.44. The van der Waals surface area contributed by atoms with Crippen LogP contribution in [0.3, 0.4) is 0 Å². The first-order chi connectivity index (χ1) is 17.8. The number of benzene rings is 1. The Morgan fingerprint density at radius 2 is 1.89 bits per heavy atom. The van der Waals surface area contributed by atoms with Crippen LogP contribution in [0, 0.1) is 0 Å². The fourth-order valence-electron chi connectivity index (χ4n) is 4.89. The van der Waals surface area contributed by atoms with Gasteiger partial charge in [0.2, 0.25) is 0 Å². The van der Waals surface area contributed by atoms with E-state index in [1.807, 2.05) is 31.2 Å². The molecule has 2 aliphatic heterocycles. The number of carbonyl (C=O) groups is 4. The molecule has 11 heteroatoms. The Morgan fingerprint density at radius 1 is 1.16 bits per heavy atom. The first-order valence-electron chi connectivity index (χ1n) is 13.0. The van der Waals surface area contributed by atoms with Crippen molar-refractivity contribution in [1.82, 2.24) is 20.4 Å². The van der Waals surface area contributed by atoms with Crippen LogP contribution in [0.1, 0.15) is 50.2 Å². The number of aliphatic hydroxyl groups is 1. The summed E-state index contributed by atoms with van der Waals surface area (Å²) in [4.78, 5) is 53.8. The molecule has 4 atom stereocenters. The molecule has 0 spiro atoms. The van der Waals surface area contributed by atoms with Gasteiger partial charge in [0, 0.05) is 25.6 Å². The summed E-state index contributed by atoms with van der Waals surface area (Å²) in [7, 11) is 1.23. The average Bonchev–Trinajstić information content (AvgIpc) is 3.62. The van der Waals surface area contributed by atoms with Crippen LogP contribution in [-0.4, -0.2) is 89.4 Å². The Morgan fingerprint density at radius 3 is 2.57 bits per heavy atom. The lowest BCUT2D eigenvalue weighted by Gasteiger charge is -2.29. The number of likely N-dealkylation sites (tertiary alicyclic amines) is 1. The zero-order valence-electron chi connectivity index (χ0n) is 21.4. The molecule has 37 heavy (non-hydrogen) atoms. The highest BCUT2D eigenvalue weighted by molar-refractivity contribution is 5.86. The Kier molecular flexibility index (Phi) is 8.52. The lowest BCUT2D eigenvalue weighted by atomic mass is 10.0. The molecule has 4 amide bonds. The maximum atomic E-state index is 13.2. The summed E-state index contributed by atoms with van der Waals surface area (Å²) in [5, 5.41) is 16.0. The monoisotopic (exact) mass is 516 g/mol. The molecular weight excluding hydrogens is 480 g/mol. The van der Waals surface area contributed by atoms with Gasteiger partial charge >= 0.3 is 18.1 Å². The average molecular weight is 517 g/mol. The van der Waals surface area contributed by atoms with Crippen molar-refractivity contribution in [2.24, 2.45) is 0 Å². The second-order valence-corrected chi connectivity index (χ2v) is 9.95. The van der Waals surface area contributed by atoms with Gasteiger partial charge < -0.3 is 35.0 Å². The van der Waals surface area contributed by atoms with E-state index in [9.17, 15) is 24.3 Å². The van der Waals surface area contributed by atoms with Crippen LogP contribution in [0.15, 0.2) is 24.3 Å². The Labute approximate surface area is 216 Å². The quantitative estimate of drug-likeness (QED) is 0.443. The summed E-state index contributed by atoms with van der Waals surface area (Å²) >= 11 is 0. The van der Waals surface area contributed by atoms with Crippen molar-refractivity contribution in [1.29, 1.82) is 0 Å². The van der Waals surface area contributed by atoms with Gasteiger partial charge in [-0.25, -0.2) is 14.4 Å². The van der Waals surface area contributed by atoms with Crippen molar-refractivity contribution in [3.05, 3.63) is 35.4 Å². The molecule has 0 aromatic heterocycles. The molecule has 0 radical (unpaired) electrons. The maximum absolute atomic E-state index is 13.2. The molecule has 1 saturated carbocycles. The van der Waals surface area contributed by atoms with Gasteiger partial charge in [-0.2, -0.15) is 0 Å². The van der Waals surface area contributed by atoms with E-state index < -0.39 is 48.3 Å². The number of nitrogens with zero attached hydrogens (tertiary/aromatic N) is 2. The number of ether oxygens (including phenoxy) is 2. The predicted molar refractivity (Wildman–Crippen MR) is 132 cm³/mol. The minimum atomic E-state index is -1.42. The van der Waals surface area contributed by atoms with E-state index >= 15 is 0 Å². The lowest BCUT2D eigenvalue weighted by molar-refractivity contribution is -0.145. The second kappa shape index (κ2) is 11.8. The number of hydrogen-bond acceptors (Lipinski definition) is 7. The van der Waals surface area contributed by atoms with Gasteiger partial charge in [-0.3, -0.25) is 4.79 Å². The van der Waals surface area contributed by atoms with Crippen molar-refractivity contribution in [2.45, 2.75) is 82.3 Å². The molecule has 3 aliphatic rings. The SMILES string of the molecule is CCCC(NC(=O)N1C[C@@H](OC(=O)N2CCc3ccccc3C2)C[C@@H]1C(=O)OC)C(O)C(=O)NC1CC1. The predicted octanol–water partition coefficient (Wildman–Crippen LogP) is 1.32. The molecule has 1 aliphatic carbocycles. The number of nitrogens with one attached hydrogen (secondary N) is 2. The summed E-state index contributed by atoms with van der Waals surface area (Å²) in [5.41, 5.74) is 2.27. The van der Waals surface area contributed by atoms with Crippen LogP contribution in [0.5, 0.6) is 0 Å². The summed E-state index contributed by atoms with van der Waals surface area (Å²) in [6, 6.07) is 5.60. The van der Waals surface area contributed by atoms with Gasteiger partial charge in [0.1, 0.15) is 12.1 Å². The first-order valence-corrected chi connectivity index (χ1v) is 13.0. The van der Waals surface area contributed by atoms with E-state index in [4.69, 9.17) is 9.47 Å². The Bertz CT molecular complexity index is 1010. The zero-order valence-corrected chi connectivity index (χ0v) is 21.4. The van der Waals surface area contributed by atoms with E-state index in [0.717, 1.165) is 24.8 Å². The number of methoxy groups -OCH3 is 1. The Balaban J connectivity index is 1.38. The number of carbonyl (C=O) groups excluding carboxylic acids is 4. The largest absolute Gasteiger partial charge is 0.467 e. The fourth-order valence-corrected chi connectivity index (χ4v) is 4.89. The maximum Gasteiger partial charge on any atom is 0.410 e. The smallest absolute Gasteiger partial charge is 0.410 e. The van der Waals surface area contributed by atoms with Crippen LogP contribution < -0.4 is 10.6 Å². The molecule has 3 N–H and O–H groups in total. The van der Waals surface area contributed by atoms with Crippen LogP contribution in [-0.2, 0) is 32.0 Å². The molecule has 2 unspecified atom stereocenters. The molecule has 0 bridgehead atoms. The van der Waals surface area contributed by atoms with Gasteiger partial charge in [0.15, 0.2) is 6.10 Å². The number of fused-ring (bicyclic) bond motifs is 1. The Hall–Kier alpha value is -3.34. The normalized spacial score (nSPS) is 22.5. The molecular formula is C26H36N4O7. The highest BCUT2D eigenvalue weighted by atomic mass is 16.6. The lowest BCUT2D eigenvalue weighted by Crippen LogP contribution is -2.55. The van der Waals surface area contributed by atoms with Crippen molar-refractivity contribution < 1.29 is 33.8 Å². The number of hydrogen-bond donors (Lipinski definition) is 3. The molecule has 1 aromatic rings. The van der Waals surface area contributed by atoms with E-state index in [-0.39, 0.29) is 19.0 Å². The molecule has 2 fully saturated rings. The van der Waals surface area contributed by atoms with Gasteiger partial charge in [0.05, 0.1) is 19.7 Å². The van der Waals surface area contributed by atoms with Gasteiger partial charge in [0.25, 0.3) is 5.91 Å². The summed E-state index contributed by atoms with van der Waals surface area (Å²) < 4.78 is 10.6. The summed E-state index contributed by atoms with van der Waals surface area (Å²) in [6.45, 7) is 2.83. The van der Waals surface area contributed by atoms with Crippen molar-refractivity contribution in [2.75, 3.05) is 20.2 Å². The number of esters is 1. The molecule has 202 valence electrons.